The Morgan fingerprint density at radius 2 is 1.67 bits per heavy atom. The zero-order chi connectivity index (χ0) is 23.5. The number of anilines is 2. The molecule has 2 atom stereocenters. The quantitative estimate of drug-likeness (QED) is 0.573. The average molecular weight is 446 g/mol. The lowest BCUT2D eigenvalue weighted by Gasteiger charge is -2.43. The van der Waals surface area contributed by atoms with Gasteiger partial charge < -0.3 is 19.3 Å². The number of hydrogen-bond acceptors (Lipinski definition) is 5. The van der Waals surface area contributed by atoms with Crippen LogP contribution in [0.15, 0.2) is 66.7 Å². The van der Waals surface area contributed by atoms with Crippen LogP contribution in [0, 0.1) is 0 Å². The summed E-state index contributed by atoms with van der Waals surface area (Å²) in [4.78, 5) is 34.3. The minimum absolute atomic E-state index is 0.0472. The molecule has 0 saturated heterocycles. The monoisotopic (exact) mass is 445 g/mol. The molecule has 0 saturated carbocycles. The Morgan fingerprint density at radius 1 is 0.970 bits per heavy atom. The summed E-state index contributed by atoms with van der Waals surface area (Å²) >= 11 is 0. The van der Waals surface area contributed by atoms with Crippen molar-refractivity contribution in [2.75, 3.05) is 24.0 Å². The van der Waals surface area contributed by atoms with E-state index < -0.39 is 0 Å². The Kier molecular flexibility index (Phi) is 6.31. The molecule has 0 spiro atoms. The van der Waals surface area contributed by atoms with Gasteiger partial charge in [0.15, 0.2) is 0 Å². The second-order valence-electron chi connectivity index (χ2n) is 7.97. The minimum Gasteiger partial charge on any atom is -0.481 e. The van der Waals surface area contributed by atoms with Crippen molar-refractivity contribution >= 4 is 23.2 Å². The summed E-state index contributed by atoms with van der Waals surface area (Å²) in [5.74, 6) is 0.319. The van der Waals surface area contributed by atoms with Crippen LogP contribution in [-0.4, -0.2) is 37.1 Å². The van der Waals surface area contributed by atoms with E-state index in [2.05, 4.69) is 4.98 Å². The van der Waals surface area contributed by atoms with Crippen molar-refractivity contribution in [3.8, 4) is 11.8 Å². The van der Waals surface area contributed by atoms with Gasteiger partial charge >= 0.3 is 0 Å². The molecule has 4 rings (SSSR count). The third-order valence-corrected chi connectivity index (χ3v) is 5.93. The summed E-state index contributed by atoms with van der Waals surface area (Å²) < 4.78 is 10.5. The highest BCUT2D eigenvalue weighted by molar-refractivity contribution is 6.09. The van der Waals surface area contributed by atoms with Crippen LogP contribution in [0.4, 0.5) is 11.4 Å². The van der Waals surface area contributed by atoms with E-state index in [1.807, 2.05) is 66.4 Å². The van der Waals surface area contributed by atoms with Crippen LogP contribution in [0.3, 0.4) is 0 Å². The molecule has 0 N–H and O–H groups in total. The number of pyridine rings is 1. The number of hydrogen-bond donors (Lipinski definition) is 0. The van der Waals surface area contributed by atoms with Crippen LogP contribution in [0.1, 0.15) is 42.2 Å². The molecule has 1 aromatic heterocycles. The molecule has 2 amide bonds. The van der Waals surface area contributed by atoms with Gasteiger partial charge in [-0.25, -0.2) is 0 Å². The molecule has 3 aromatic rings. The van der Waals surface area contributed by atoms with Crippen LogP contribution < -0.4 is 19.3 Å². The first-order chi connectivity index (χ1) is 16.0. The second kappa shape index (κ2) is 9.32. The lowest BCUT2D eigenvalue weighted by atomic mass is 9.89. The molecular formula is C26H27N3O4. The Bertz CT molecular complexity index is 1170. The van der Waals surface area contributed by atoms with Gasteiger partial charge in [0, 0.05) is 30.4 Å². The molecule has 7 nitrogen and oxygen atoms in total. The Balaban J connectivity index is 1.78. The minimum atomic E-state index is -0.213. The Morgan fingerprint density at radius 3 is 2.33 bits per heavy atom. The van der Waals surface area contributed by atoms with Crippen LogP contribution in [0.25, 0.3) is 0 Å². The van der Waals surface area contributed by atoms with Gasteiger partial charge in [-0.05, 0) is 43.2 Å². The fourth-order valence-corrected chi connectivity index (χ4v) is 4.49. The summed E-state index contributed by atoms with van der Waals surface area (Å²) in [7, 11) is 2.99. The highest BCUT2D eigenvalue weighted by Crippen LogP contribution is 2.43. The molecule has 2 heterocycles. The highest BCUT2D eigenvalue weighted by Gasteiger charge is 2.38. The molecule has 2 aromatic carbocycles. The largest absolute Gasteiger partial charge is 0.481 e. The van der Waals surface area contributed by atoms with Crippen molar-refractivity contribution in [1.29, 1.82) is 0 Å². The Hall–Kier alpha value is -3.87. The second-order valence-corrected chi connectivity index (χ2v) is 7.97. The number of ether oxygens (including phenoxy) is 2. The van der Waals surface area contributed by atoms with Crippen molar-refractivity contribution in [2.45, 2.75) is 32.4 Å². The van der Waals surface area contributed by atoms with Crippen LogP contribution in [0.2, 0.25) is 0 Å². The number of amides is 2. The van der Waals surface area contributed by atoms with E-state index in [-0.39, 0.29) is 29.8 Å². The topological polar surface area (TPSA) is 72.0 Å². The van der Waals surface area contributed by atoms with Gasteiger partial charge in [-0.2, -0.15) is 4.98 Å². The van der Waals surface area contributed by atoms with E-state index in [1.165, 1.54) is 14.2 Å². The van der Waals surface area contributed by atoms with E-state index in [9.17, 15) is 9.59 Å². The number of carbonyl (C=O) groups excluding carboxylic acids is 2. The van der Waals surface area contributed by atoms with Crippen molar-refractivity contribution in [2.24, 2.45) is 0 Å². The predicted octanol–water partition coefficient (Wildman–Crippen LogP) is 4.63. The molecule has 7 heteroatoms. The number of benzene rings is 2. The SMILES string of the molecule is COc1ccc(C(=O)N2c3ccccc3[C@@H](N(C(C)=O)c3ccccc3)C[C@H]2C)c(OC)n1. The molecule has 1 aliphatic rings. The van der Waals surface area contributed by atoms with Crippen molar-refractivity contribution in [3.63, 3.8) is 0 Å². The third-order valence-electron chi connectivity index (χ3n) is 5.93. The van der Waals surface area contributed by atoms with Gasteiger partial charge in [0.1, 0.15) is 5.56 Å². The van der Waals surface area contributed by atoms with Gasteiger partial charge in [-0.15, -0.1) is 0 Å². The van der Waals surface area contributed by atoms with Gasteiger partial charge in [0.05, 0.1) is 20.3 Å². The number of nitrogens with zero attached hydrogens (tertiary/aromatic N) is 3. The van der Waals surface area contributed by atoms with Crippen molar-refractivity contribution in [1.82, 2.24) is 4.98 Å². The summed E-state index contributed by atoms with van der Waals surface area (Å²) in [6.07, 6.45) is 0.586. The maximum Gasteiger partial charge on any atom is 0.264 e. The summed E-state index contributed by atoms with van der Waals surface area (Å²) in [6, 6.07) is 20.3. The Labute approximate surface area is 193 Å². The normalized spacial score (nSPS) is 17.2. The molecule has 33 heavy (non-hydrogen) atoms. The van der Waals surface area contributed by atoms with Gasteiger partial charge in [0.2, 0.25) is 17.7 Å². The first-order valence-electron chi connectivity index (χ1n) is 10.8. The number of rotatable bonds is 5. The number of para-hydroxylation sites is 2. The van der Waals surface area contributed by atoms with E-state index in [4.69, 9.17) is 9.47 Å². The van der Waals surface area contributed by atoms with E-state index in [0.29, 0.717) is 17.9 Å². The number of aromatic nitrogens is 1. The third kappa shape index (κ3) is 4.14. The predicted molar refractivity (Wildman–Crippen MR) is 127 cm³/mol. The molecular weight excluding hydrogens is 418 g/mol. The van der Waals surface area contributed by atoms with Crippen molar-refractivity contribution < 1.29 is 19.1 Å². The van der Waals surface area contributed by atoms with E-state index in [0.717, 1.165) is 16.9 Å². The van der Waals surface area contributed by atoms with E-state index >= 15 is 0 Å². The maximum atomic E-state index is 13.7. The van der Waals surface area contributed by atoms with Crippen LogP contribution >= 0.6 is 0 Å². The average Bonchev–Trinajstić information content (AvgIpc) is 2.84. The van der Waals surface area contributed by atoms with Gasteiger partial charge in [-0.3, -0.25) is 9.59 Å². The lowest BCUT2D eigenvalue weighted by molar-refractivity contribution is -0.117. The smallest absolute Gasteiger partial charge is 0.264 e. The maximum absolute atomic E-state index is 13.7. The number of carbonyl (C=O) groups is 2. The van der Waals surface area contributed by atoms with E-state index in [1.54, 1.807) is 24.0 Å². The van der Waals surface area contributed by atoms with Gasteiger partial charge in [-0.1, -0.05) is 36.4 Å². The van der Waals surface area contributed by atoms with Crippen LogP contribution in [0.5, 0.6) is 11.8 Å². The summed E-state index contributed by atoms with van der Waals surface area (Å²) in [5.41, 5.74) is 2.87. The summed E-state index contributed by atoms with van der Waals surface area (Å²) in [5, 5.41) is 0. The van der Waals surface area contributed by atoms with Crippen LogP contribution in [-0.2, 0) is 4.79 Å². The van der Waals surface area contributed by atoms with Crippen molar-refractivity contribution in [3.05, 3.63) is 77.9 Å². The molecule has 1 aliphatic heterocycles. The molecule has 0 aliphatic carbocycles. The molecule has 0 unspecified atom stereocenters. The molecule has 0 bridgehead atoms. The zero-order valence-electron chi connectivity index (χ0n) is 19.2. The number of fused-ring (bicyclic) bond motifs is 1. The fraction of sp³-hybridized carbons (Fsp3) is 0.269. The first kappa shape index (κ1) is 22.3. The standard InChI is InChI=1S/C26H27N3O4/c1-17-16-23(29(18(2)30)19-10-6-5-7-11-19)20-12-8-9-13-22(20)28(17)26(31)21-14-15-24(32-3)27-25(21)33-4/h5-15,17,23H,16H2,1-4H3/t17-,23+/m1/s1. The number of methoxy groups -OCH3 is 2. The molecule has 0 radical (unpaired) electrons. The van der Waals surface area contributed by atoms with Gasteiger partial charge in [0.25, 0.3) is 5.91 Å². The highest BCUT2D eigenvalue weighted by atomic mass is 16.5. The molecule has 170 valence electrons. The molecule has 0 fully saturated rings. The summed E-state index contributed by atoms with van der Waals surface area (Å²) in [6.45, 7) is 3.57. The first-order valence-corrected chi connectivity index (χ1v) is 10.8. The fourth-order valence-electron chi connectivity index (χ4n) is 4.49. The zero-order valence-corrected chi connectivity index (χ0v) is 19.2. The lowest BCUT2D eigenvalue weighted by Crippen LogP contribution is -2.47.